The SMILES string of the molecule is CCCN1C(=O)S/C(=C/c2cc(Br)cc(OCC)c2O)C1=O. The number of hydrogen-bond donors (Lipinski definition) is 1. The summed E-state index contributed by atoms with van der Waals surface area (Å²) >= 11 is 4.22. The molecule has 0 radical (unpaired) electrons. The van der Waals surface area contributed by atoms with Gasteiger partial charge in [0.2, 0.25) is 0 Å². The zero-order chi connectivity index (χ0) is 16.3. The lowest BCUT2D eigenvalue weighted by atomic mass is 10.1. The molecule has 1 aliphatic heterocycles. The van der Waals surface area contributed by atoms with E-state index in [-0.39, 0.29) is 16.9 Å². The second-order valence-electron chi connectivity index (χ2n) is 4.61. The molecule has 2 rings (SSSR count). The average molecular weight is 386 g/mol. The fourth-order valence-electron chi connectivity index (χ4n) is 2.03. The van der Waals surface area contributed by atoms with Gasteiger partial charge < -0.3 is 9.84 Å². The van der Waals surface area contributed by atoms with Crippen molar-refractivity contribution in [2.24, 2.45) is 0 Å². The Bertz CT molecular complexity index is 645. The van der Waals surface area contributed by atoms with Crippen LogP contribution in [0.5, 0.6) is 11.5 Å². The first-order valence-electron chi connectivity index (χ1n) is 6.88. The number of benzene rings is 1. The predicted molar refractivity (Wildman–Crippen MR) is 89.9 cm³/mol. The van der Waals surface area contributed by atoms with E-state index in [4.69, 9.17) is 4.74 Å². The van der Waals surface area contributed by atoms with Crippen LogP contribution in [-0.2, 0) is 4.79 Å². The van der Waals surface area contributed by atoms with Crippen LogP contribution in [0.2, 0.25) is 0 Å². The van der Waals surface area contributed by atoms with E-state index in [0.29, 0.717) is 40.3 Å². The number of phenols is 1. The number of carbonyl (C=O) groups excluding carboxylic acids is 2. The molecule has 0 aromatic heterocycles. The van der Waals surface area contributed by atoms with Gasteiger partial charge in [-0.1, -0.05) is 22.9 Å². The van der Waals surface area contributed by atoms with Gasteiger partial charge in [0.1, 0.15) is 0 Å². The molecule has 1 N–H and O–H groups in total. The standard InChI is InChI=1S/C15H16BrNO4S/c1-3-5-17-14(19)12(22-15(17)20)7-9-6-10(16)8-11(13(9)18)21-4-2/h6-8,18H,3-5H2,1-2H3/b12-7+. The van der Waals surface area contributed by atoms with Gasteiger partial charge in [-0.3, -0.25) is 14.5 Å². The molecule has 1 aliphatic rings. The van der Waals surface area contributed by atoms with Crippen LogP contribution in [0, 0.1) is 0 Å². The molecule has 0 atom stereocenters. The Morgan fingerprint density at radius 2 is 2.09 bits per heavy atom. The van der Waals surface area contributed by atoms with Crippen molar-refractivity contribution in [1.82, 2.24) is 4.90 Å². The van der Waals surface area contributed by atoms with Crippen molar-refractivity contribution >= 4 is 44.9 Å². The summed E-state index contributed by atoms with van der Waals surface area (Å²) in [6.07, 6.45) is 2.23. The fourth-order valence-corrected chi connectivity index (χ4v) is 3.34. The van der Waals surface area contributed by atoms with Gasteiger partial charge >= 0.3 is 0 Å². The third-order valence-corrected chi connectivity index (χ3v) is 4.34. The molecule has 7 heteroatoms. The molecule has 1 fully saturated rings. The van der Waals surface area contributed by atoms with Gasteiger partial charge in [0.05, 0.1) is 11.5 Å². The summed E-state index contributed by atoms with van der Waals surface area (Å²) in [6, 6.07) is 3.32. The average Bonchev–Trinajstić information content (AvgIpc) is 2.72. The lowest BCUT2D eigenvalue weighted by molar-refractivity contribution is -0.122. The van der Waals surface area contributed by atoms with Gasteiger partial charge in [-0.15, -0.1) is 0 Å². The van der Waals surface area contributed by atoms with Crippen molar-refractivity contribution in [2.45, 2.75) is 20.3 Å². The Morgan fingerprint density at radius 3 is 2.73 bits per heavy atom. The Hall–Kier alpha value is -1.47. The van der Waals surface area contributed by atoms with E-state index in [0.717, 1.165) is 11.8 Å². The fraction of sp³-hybridized carbons (Fsp3) is 0.333. The summed E-state index contributed by atoms with van der Waals surface area (Å²) < 4.78 is 6.07. The van der Waals surface area contributed by atoms with Crippen LogP contribution in [0.15, 0.2) is 21.5 Å². The Kier molecular flexibility index (Phi) is 5.52. The molecule has 118 valence electrons. The molecular weight excluding hydrogens is 370 g/mol. The lowest BCUT2D eigenvalue weighted by Gasteiger charge is -2.10. The third kappa shape index (κ3) is 3.47. The van der Waals surface area contributed by atoms with E-state index in [2.05, 4.69) is 15.9 Å². The molecule has 0 aliphatic carbocycles. The van der Waals surface area contributed by atoms with Crippen LogP contribution in [0.4, 0.5) is 4.79 Å². The summed E-state index contributed by atoms with van der Waals surface area (Å²) in [4.78, 5) is 25.6. The van der Waals surface area contributed by atoms with E-state index in [1.807, 2.05) is 13.8 Å². The van der Waals surface area contributed by atoms with Crippen molar-refractivity contribution < 1.29 is 19.4 Å². The van der Waals surface area contributed by atoms with Gasteiger partial charge in [0.15, 0.2) is 11.5 Å². The second kappa shape index (κ2) is 7.19. The number of rotatable bonds is 5. The highest BCUT2D eigenvalue weighted by Crippen LogP contribution is 2.38. The Morgan fingerprint density at radius 1 is 1.36 bits per heavy atom. The van der Waals surface area contributed by atoms with Crippen molar-refractivity contribution in [3.63, 3.8) is 0 Å². The van der Waals surface area contributed by atoms with E-state index in [1.54, 1.807) is 12.1 Å². The largest absolute Gasteiger partial charge is 0.504 e. The van der Waals surface area contributed by atoms with E-state index < -0.39 is 0 Å². The Labute approximate surface area is 141 Å². The topological polar surface area (TPSA) is 66.8 Å². The van der Waals surface area contributed by atoms with Crippen LogP contribution < -0.4 is 4.74 Å². The van der Waals surface area contributed by atoms with Crippen molar-refractivity contribution in [1.29, 1.82) is 0 Å². The maximum absolute atomic E-state index is 12.2. The summed E-state index contributed by atoms with van der Waals surface area (Å²) in [6.45, 7) is 4.53. The van der Waals surface area contributed by atoms with Gasteiger partial charge in [-0.2, -0.15) is 0 Å². The summed E-state index contributed by atoms with van der Waals surface area (Å²) in [7, 11) is 0. The third-order valence-electron chi connectivity index (χ3n) is 2.98. The number of halogens is 1. The quantitative estimate of drug-likeness (QED) is 0.775. The highest BCUT2D eigenvalue weighted by molar-refractivity contribution is 9.10. The van der Waals surface area contributed by atoms with Crippen LogP contribution in [0.25, 0.3) is 6.08 Å². The highest BCUT2D eigenvalue weighted by Gasteiger charge is 2.34. The molecule has 1 aromatic rings. The van der Waals surface area contributed by atoms with Gasteiger partial charge in [0, 0.05) is 16.6 Å². The monoisotopic (exact) mass is 385 g/mol. The van der Waals surface area contributed by atoms with E-state index in [1.165, 1.54) is 11.0 Å². The number of amides is 2. The van der Waals surface area contributed by atoms with Crippen molar-refractivity contribution in [2.75, 3.05) is 13.2 Å². The number of phenolic OH excluding ortho intramolecular Hbond substituents is 1. The molecule has 0 spiro atoms. The maximum atomic E-state index is 12.2. The summed E-state index contributed by atoms with van der Waals surface area (Å²) in [5.74, 6) is -0.0440. The first-order chi connectivity index (χ1) is 10.5. The molecule has 1 heterocycles. The van der Waals surface area contributed by atoms with Crippen molar-refractivity contribution in [3.8, 4) is 11.5 Å². The number of nitrogens with zero attached hydrogens (tertiary/aromatic N) is 1. The van der Waals surface area contributed by atoms with Crippen LogP contribution in [0.3, 0.4) is 0 Å². The highest BCUT2D eigenvalue weighted by atomic mass is 79.9. The smallest absolute Gasteiger partial charge is 0.293 e. The summed E-state index contributed by atoms with van der Waals surface area (Å²) in [5.41, 5.74) is 0.430. The lowest BCUT2D eigenvalue weighted by Crippen LogP contribution is -2.28. The number of carbonyl (C=O) groups is 2. The normalized spacial score (nSPS) is 16.7. The second-order valence-corrected chi connectivity index (χ2v) is 6.52. The van der Waals surface area contributed by atoms with Crippen LogP contribution >= 0.6 is 27.7 Å². The number of ether oxygens (including phenoxy) is 1. The first kappa shape index (κ1) is 16.9. The number of aromatic hydroxyl groups is 1. The number of hydrogen-bond acceptors (Lipinski definition) is 5. The Balaban J connectivity index is 2.37. The van der Waals surface area contributed by atoms with Crippen molar-refractivity contribution in [3.05, 3.63) is 27.1 Å². The van der Waals surface area contributed by atoms with Crippen LogP contribution in [-0.4, -0.2) is 34.3 Å². The zero-order valence-electron chi connectivity index (χ0n) is 12.3. The minimum absolute atomic E-state index is 0.0488. The van der Waals surface area contributed by atoms with Gasteiger partial charge in [0.25, 0.3) is 11.1 Å². The van der Waals surface area contributed by atoms with E-state index in [9.17, 15) is 14.7 Å². The molecule has 1 aromatic carbocycles. The van der Waals surface area contributed by atoms with Gasteiger partial charge in [-0.05, 0) is 43.3 Å². The predicted octanol–water partition coefficient (Wildman–Crippen LogP) is 4.00. The minimum atomic E-state index is -0.325. The molecular formula is C15H16BrNO4S. The molecule has 5 nitrogen and oxygen atoms in total. The maximum Gasteiger partial charge on any atom is 0.293 e. The van der Waals surface area contributed by atoms with E-state index >= 15 is 0 Å². The number of imide groups is 1. The van der Waals surface area contributed by atoms with Gasteiger partial charge in [-0.25, -0.2) is 0 Å². The molecule has 22 heavy (non-hydrogen) atoms. The molecule has 0 unspecified atom stereocenters. The zero-order valence-corrected chi connectivity index (χ0v) is 14.7. The molecule has 0 saturated carbocycles. The summed E-state index contributed by atoms with van der Waals surface area (Å²) in [5, 5.41) is 9.94. The minimum Gasteiger partial charge on any atom is -0.504 e. The number of thioether (sulfide) groups is 1. The van der Waals surface area contributed by atoms with Crippen LogP contribution in [0.1, 0.15) is 25.8 Å². The molecule has 0 bridgehead atoms. The first-order valence-corrected chi connectivity index (χ1v) is 8.49. The molecule has 1 saturated heterocycles. The molecule has 2 amide bonds.